The summed E-state index contributed by atoms with van der Waals surface area (Å²) >= 11 is 0. The van der Waals surface area contributed by atoms with Crippen LogP contribution >= 0.6 is 0 Å². The van der Waals surface area contributed by atoms with E-state index in [0.717, 1.165) is 38.5 Å². The van der Waals surface area contributed by atoms with Crippen molar-refractivity contribution in [3.63, 3.8) is 0 Å². The number of hydrogen-bond acceptors (Lipinski definition) is 5. The molecular weight excluding hydrogens is 392 g/mol. The van der Waals surface area contributed by atoms with Gasteiger partial charge in [0.25, 0.3) is 0 Å². The maximum absolute atomic E-state index is 12.2. The Kier molecular flexibility index (Phi) is 5.94. The molecule has 2 fully saturated rings. The van der Waals surface area contributed by atoms with Gasteiger partial charge in [-0.1, -0.05) is 37.1 Å². The highest BCUT2D eigenvalue weighted by Gasteiger charge is 2.62. The van der Waals surface area contributed by atoms with Crippen LogP contribution < -0.4 is 0 Å². The van der Waals surface area contributed by atoms with Crippen molar-refractivity contribution in [3.05, 3.63) is 23.3 Å². The molecule has 0 saturated heterocycles. The smallest absolute Gasteiger partial charge is 0.302 e. The van der Waals surface area contributed by atoms with Gasteiger partial charge in [0.1, 0.15) is 6.10 Å². The lowest BCUT2D eigenvalue weighted by atomic mass is 9.47. The predicted octanol–water partition coefficient (Wildman–Crippen LogP) is 4.18. The molecule has 0 aromatic heterocycles. The Bertz CT molecular complexity index is 783. The van der Waals surface area contributed by atoms with Crippen molar-refractivity contribution in [2.45, 2.75) is 91.0 Å². The van der Waals surface area contributed by atoms with Crippen LogP contribution in [0.3, 0.4) is 0 Å². The Balaban J connectivity index is 1.73. The highest BCUT2D eigenvalue weighted by Crippen LogP contribution is 2.66. The van der Waals surface area contributed by atoms with Crippen LogP contribution in [0.2, 0.25) is 0 Å². The molecule has 2 saturated carbocycles. The highest BCUT2D eigenvalue weighted by molar-refractivity contribution is 5.66. The summed E-state index contributed by atoms with van der Waals surface area (Å²) in [5.41, 5.74) is 2.18. The molecule has 0 aromatic carbocycles. The van der Waals surface area contributed by atoms with Crippen LogP contribution in [-0.2, 0) is 14.3 Å². The van der Waals surface area contributed by atoms with Gasteiger partial charge in [-0.3, -0.25) is 4.79 Å². The zero-order chi connectivity index (χ0) is 22.6. The molecule has 0 amide bonds. The summed E-state index contributed by atoms with van der Waals surface area (Å²) in [6.07, 6.45) is 9.76. The third-order valence-corrected chi connectivity index (χ3v) is 9.28. The van der Waals surface area contributed by atoms with Gasteiger partial charge < -0.3 is 19.7 Å². The molecule has 0 radical (unpaired) electrons. The SMILES string of the molecule is CC(=O)O[C@@H]1CC2C(CC=C3C[C@@H](O)CC[C@@]32C)C2=CCC(C(C)(C)OCCO)[C@]21C. The quantitative estimate of drug-likeness (QED) is 0.504. The Hall–Kier alpha value is -1.17. The molecule has 0 bridgehead atoms. The molecule has 4 aliphatic carbocycles. The first-order chi connectivity index (χ1) is 14.5. The molecule has 4 aliphatic rings. The van der Waals surface area contributed by atoms with E-state index in [1.165, 1.54) is 18.1 Å². The maximum atomic E-state index is 12.2. The van der Waals surface area contributed by atoms with Crippen LogP contribution in [0.25, 0.3) is 0 Å². The number of esters is 1. The second-order valence-corrected chi connectivity index (χ2v) is 11.2. The lowest BCUT2D eigenvalue weighted by Gasteiger charge is -2.59. The molecule has 0 aliphatic heterocycles. The number of ether oxygens (including phenoxy) is 2. The lowest BCUT2D eigenvalue weighted by molar-refractivity contribution is -0.173. The molecule has 0 heterocycles. The number of aliphatic hydroxyl groups is 2. The summed E-state index contributed by atoms with van der Waals surface area (Å²) in [4.78, 5) is 12.2. The predicted molar refractivity (Wildman–Crippen MR) is 119 cm³/mol. The Morgan fingerprint density at radius 3 is 2.68 bits per heavy atom. The van der Waals surface area contributed by atoms with E-state index in [0.29, 0.717) is 18.4 Å². The van der Waals surface area contributed by atoms with E-state index in [4.69, 9.17) is 9.47 Å². The standard InChI is InChI=1S/C26H40O5/c1-16(28)31-23-15-21-19(7-6-17-14-18(29)10-11-25(17,21)4)20-8-9-22(26(20,23)5)24(2,3)30-13-12-27/h6,8,18-19,21-23,27,29H,7,9-15H2,1-5H3/t18-,19?,21?,22?,23+,25-,26-/m0/s1. The summed E-state index contributed by atoms with van der Waals surface area (Å²) in [5.74, 6) is 0.820. The van der Waals surface area contributed by atoms with Gasteiger partial charge in [-0.25, -0.2) is 0 Å². The van der Waals surface area contributed by atoms with Crippen molar-refractivity contribution < 1.29 is 24.5 Å². The van der Waals surface area contributed by atoms with E-state index >= 15 is 0 Å². The molecule has 0 aromatic rings. The average Bonchev–Trinajstić information content (AvgIpc) is 3.07. The minimum atomic E-state index is -0.435. The summed E-state index contributed by atoms with van der Waals surface area (Å²) in [5, 5.41) is 19.6. The Labute approximate surface area is 186 Å². The molecule has 2 N–H and O–H groups in total. The largest absolute Gasteiger partial charge is 0.462 e. The van der Waals surface area contributed by atoms with Gasteiger partial charge in [-0.05, 0) is 69.6 Å². The minimum Gasteiger partial charge on any atom is -0.462 e. The first kappa shape index (κ1) is 23.0. The van der Waals surface area contributed by atoms with Gasteiger partial charge in [0, 0.05) is 18.3 Å². The van der Waals surface area contributed by atoms with Gasteiger partial charge in [-0.2, -0.15) is 0 Å². The van der Waals surface area contributed by atoms with E-state index in [9.17, 15) is 15.0 Å². The molecule has 7 atom stereocenters. The van der Waals surface area contributed by atoms with Crippen LogP contribution in [0, 0.1) is 28.6 Å². The number of carbonyl (C=O) groups is 1. The molecule has 0 spiro atoms. The topological polar surface area (TPSA) is 76.0 Å². The second kappa shape index (κ2) is 8.00. The monoisotopic (exact) mass is 432 g/mol. The molecule has 174 valence electrons. The summed E-state index contributed by atoms with van der Waals surface area (Å²) < 4.78 is 12.2. The van der Waals surface area contributed by atoms with Crippen molar-refractivity contribution in [1.29, 1.82) is 0 Å². The Morgan fingerprint density at radius 2 is 2.00 bits per heavy atom. The van der Waals surface area contributed by atoms with Crippen molar-refractivity contribution in [3.8, 4) is 0 Å². The Morgan fingerprint density at radius 1 is 1.26 bits per heavy atom. The van der Waals surface area contributed by atoms with Gasteiger partial charge in [0.15, 0.2) is 0 Å². The number of allylic oxidation sites excluding steroid dienone is 2. The van der Waals surface area contributed by atoms with Crippen molar-refractivity contribution >= 4 is 5.97 Å². The zero-order valence-electron chi connectivity index (χ0n) is 19.8. The van der Waals surface area contributed by atoms with Crippen LogP contribution in [-0.4, -0.2) is 47.2 Å². The normalized spacial score (nSPS) is 42.1. The summed E-state index contributed by atoms with van der Waals surface area (Å²) in [6.45, 7) is 10.7. The van der Waals surface area contributed by atoms with E-state index < -0.39 is 5.60 Å². The number of rotatable bonds is 5. The van der Waals surface area contributed by atoms with Crippen LogP contribution in [0.1, 0.15) is 73.1 Å². The van der Waals surface area contributed by atoms with Gasteiger partial charge in [-0.15, -0.1) is 0 Å². The van der Waals surface area contributed by atoms with Gasteiger partial charge >= 0.3 is 5.97 Å². The van der Waals surface area contributed by atoms with Crippen LogP contribution in [0.15, 0.2) is 23.3 Å². The fourth-order valence-corrected chi connectivity index (χ4v) is 7.74. The second-order valence-electron chi connectivity index (χ2n) is 11.2. The third kappa shape index (κ3) is 3.61. The molecule has 4 rings (SSSR count). The molecule has 31 heavy (non-hydrogen) atoms. The van der Waals surface area contributed by atoms with Crippen molar-refractivity contribution in [2.24, 2.45) is 28.6 Å². The van der Waals surface area contributed by atoms with E-state index in [1.807, 2.05) is 0 Å². The van der Waals surface area contributed by atoms with E-state index in [-0.39, 0.29) is 41.5 Å². The summed E-state index contributed by atoms with van der Waals surface area (Å²) in [7, 11) is 0. The zero-order valence-corrected chi connectivity index (χ0v) is 19.8. The average molecular weight is 433 g/mol. The first-order valence-electron chi connectivity index (χ1n) is 12.0. The first-order valence-corrected chi connectivity index (χ1v) is 12.0. The van der Waals surface area contributed by atoms with Crippen molar-refractivity contribution in [2.75, 3.05) is 13.2 Å². The summed E-state index contributed by atoms with van der Waals surface area (Å²) in [6, 6.07) is 0. The minimum absolute atomic E-state index is 0.00298. The number of fused-ring (bicyclic) bond motifs is 5. The van der Waals surface area contributed by atoms with Gasteiger partial charge in [0.2, 0.25) is 0 Å². The molecular formula is C26H40O5. The lowest BCUT2D eigenvalue weighted by Crippen LogP contribution is -2.57. The molecule has 5 nitrogen and oxygen atoms in total. The van der Waals surface area contributed by atoms with Crippen LogP contribution in [0.5, 0.6) is 0 Å². The van der Waals surface area contributed by atoms with Gasteiger partial charge in [0.05, 0.1) is 24.9 Å². The third-order valence-electron chi connectivity index (χ3n) is 9.28. The number of aliphatic hydroxyl groups excluding tert-OH is 2. The van der Waals surface area contributed by atoms with Crippen molar-refractivity contribution in [1.82, 2.24) is 0 Å². The maximum Gasteiger partial charge on any atom is 0.302 e. The van der Waals surface area contributed by atoms with E-state index in [1.54, 1.807) is 0 Å². The molecule has 3 unspecified atom stereocenters. The van der Waals surface area contributed by atoms with Crippen LogP contribution in [0.4, 0.5) is 0 Å². The highest BCUT2D eigenvalue weighted by atomic mass is 16.5. The fraction of sp³-hybridized carbons (Fsp3) is 0.808. The fourth-order valence-electron chi connectivity index (χ4n) is 7.74. The number of carbonyl (C=O) groups excluding carboxylic acids is 1. The number of hydrogen-bond donors (Lipinski definition) is 2. The van der Waals surface area contributed by atoms with E-state index in [2.05, 4.69) is 39.8 Å². The molecule has 5 heteroatoms.